The Morgan fingerprint density at radius 2 is 1.69 bits per heavy atom. The normalized spacial score (nSPS) is 15.8. The summed E-state index contributed by atoms with van der Waals surface area (Å²) in [6, 6.07) is 17.8. The molecule has 0 spiro atoms. The molecule has 32 heavy (non-hydrogen) atoms. The molecule has 1 amide bonds. The number of rotatable bonds is 6. The zero-order chi connectivity index (χ0) is 21.9. The van der Waals surface area contributed by atoms with E-state index in [1.165, 1.54) is 0 Å². The molecule has 164 valence electrons. The second kappa shape index (κ2) is 9.17. The van der Waals surface area contributed by atoms with Gasteiger partial charge in [0.05, 0.1) is 0 Å². The Labute approximate surface area is 192 Å². The van der Waals surface area contributed by atoms with Crippen molar-refractivity contribution in [2.75, 3.05) is 13.1 Å². The monoisotopic (exact) mass is 447 g/mol. The third kappa shape index (κ3) is 4.41. The van der Waals surface area contributed by atoms with Crippen LogP contribution in [-0.4, -0.2) is 43.1 Å². The van der Waals surface area contributed by atoms with Crippen LogP contribution in [0.4, 0.5) is 0 Å². The number of carbonyl (C=O) groups excluding carboxylic acids is 1. The molecule has 0 radical (unpaired) electrons. The van der Waals surface area contributed by atoms with Gasteiger partial charge in [-0.25, -0.2) is 0 Å². The molecule has 6 nitrogen and oxygen atoms in total. The standard InChI is InChI=1S/C25H26ClN5O/c26-22-8-6-19(7-9-22)21(18-29-12-3-4-13-29)17-24(32)30-15-10-20(11-16-30)25-28-27-23-5-1-2-14-31(23)25/h1-9,12-14,20-21H,10-11,15-18H2. The summed E-state index contributed by atoms with van der Waals surface area (Å²) >= 11 is 6.09. The third-order valence-corrected chi connectivity index (χ3v) is 6.66. The van der Waals surface area contributed by atoms with Crippen LogP contribution >= 0.6 is 11.6 Å². The predicted octanol–water partition coefficient (Wildman–Crippen LogP) is 4.76. The number of piperidine rings is 1. The number of amides is 1. The Hall–Kier alpha value is -3.12. The molecule has 1 unspecified atom stereocenters. The fourth-order valence-electron chi connectivity index (χ4n) is 4.63. The third-order valence-electron chi connectivity index (χ3n) is 6.41. The summed E-state index contributed by atoms with van der Waals surface area (Å²) in [7, 11) is 0. The highest BCUT2D eigenvalue weighted by Gasteiger charge is 2.28. The van der Waals surface area contributed by atoms with Gasteiger partial charge in [0, 0.05) is 61.5 Å². The summed E-state index contributed by atoms with van der Waals surface area (Å²) in [5, 5.41) is 9.42. The van der Waals surface area contributed by atoms with Crippen LogP contribution in [0, 0.1) is 0 Å². The number of halogens is 1. The van der Waals surface area contributed by atoms with Gasteiger partial charge in [0.25, 0.3) is 0 Å². The van der Waals surface area contributed by atoms with E-state index < -0.39 is 0 Å². The topological polar surface area (TPSA) is 55.4 Å². The SMILES string of the molecule is O=C(CC(Cn1cccc1)c1ccc(Cl)cc1)N1CCC(c2nnc3ccccn23)CC1. The van der Waals surface area contributed by atoms with Gasteiger partial charge >= 0.3 is 0 Å². The first-order chi connectivity index (χ1) is 15.7. The van der Waals surface area contributed by atoms with E-state index in [0.29, 0.717) is 17.4 Å². The number of aromatic nitrogens is 4. The molecule has 1 aliphatic heterocycles. The van der Waals surface area contributed by atoms with E-state index in [1.807, 2.05) is 78.1 Å². The maximum atomic E-state index is 13.2. The molecule has 5 rings (SSSR count). The zero-order valence-electron chi connectivity index (χ0n) is 17.8. The van der Waals surface area contributed by atoms with Crippen molar-refractivity contribution in [1.82, 2.24) is 24.1 Å². The van der Waals surface area contributed by atoms with Crippen molar-refractivity contribution >= 4 is 23.2 Å². The number of hydrogen-bond acceptors (Lipinski definition) is 3. The number of carbonyl (C=O) groups is 1. The Kier molecular flexibility index (Phi) is 5.95. The lowest BCUT2D eigenvalue weighted by atomic mass is 9.92. The van der Waals surface area contributed by atoms with Crippen LogP contribution < -0.4 is 0 Å². The van der Waals surface area contributed by atoms with E-state index in [1.54, 1.807) is 0 Å². The minimum absolute atomic E-state index is 0.102. The Morgan fingerprint density at radius 1 is 0.969 bits per heavy atom. The largest absolute Gasteiger partial charge is 0.354 e. The quantitative estimate of drug-likeness (QED) is 0.428. The van der Waals surface area contributed by atoms with Crippen molar-refractivity contribution in [2.24, 2.45) is 0 Å². The lowest BCUT2D eigenvalue weighted by Gasteiger charge is -2.32. The lowest BCUT2D eigenvalue weighted by molar-refractivity contribution is -0.132. The van der Waals surface area contributed by atoms with Crippen molar-refractivity contribution in [3.8, 4) is 0 Å². The molecular formula is C25H26ClN5O. The van der Waals surface area contributed by atoms with Crippen LogP contribution in [-0.2, 0) is 11.3 Å². The van der Waals surface area contributed by atoms with Crippen molar-refractivity contribution < 1.29 is 4.79 Å². The first-order valence-corrected chi connectivity index (χ1v) is 11.5. The number of likely N-dealkylation sites (tertiary alicyclic amines) is 1. The highest BCUT2D eigenvalue weighted by atomic mass is 35.5. The molecule has 7 heteroatoms. The lowest BCUT2D eigenvalue weighted by Crippen LogP contribution is -2.39. The van der Waals surface area contributed by atoms with Crippen LogP contribution in [0.1, 0.15) is 42.5 Å². The van der Waals surface area contributed by atoms with E-state index in [2.05, 4.69) is 19.2 Å². The molecule has 1 aliphatic rings. The van der Waals surface area contributed by atoms with Gasteiger partial charge in [0.15, 0.2) is 5.65 Å². The Morgan fingerprint density at radius 3 is 2.44 bits per heavy atom. The van der Waals surface area contributed by atoms with Crippen LogP contribution in [0.5, 0.6) is 0 Å². The van der Waals surface area contributed by atoms with E-state index in [-0.39, 0.29) is 11.8 Å². The van der Waals surface area contributed by atoms with Gasteiger partial charge in [-0.15, -0.1) is 10.2 Å². The van der Waals surface area contributed by atoms with Gasteiger partial charge < -0.3 is 9.47 Å². The molecule has 0 saturated carbocycles. The first-order valence-electron chi connectivity index (χ1n) is 11.1. The zero-order valence-corrected chi connectivity index (χ0v) is 18.6. The highest BCUT2D eigenvalue weighted by molar-refractivity contribution is 6.30. The molecule has 4 heterocycles. The summed E-state index contributed by atoms with van der Waals surface area (Å²) in [5.74, 6) is 1.63. The van der Waals surface area contributed by atoms with Gasteiger partial charge in [-0.3, -0.25) is 9.20 Å². The molecule has 0 aliphatic carbocycles. The molecular weight excluding hydrogens is 422 g/mol. The first kappa shape index (κ1) is 20.8. The summed E-state index contributed by atoms with van der Waals surface area (Å²) in [4.78, 5) is 15.3. The van der Waals surface area contributed by atoms with Crippen molar-refractivity contribution in [3.05, 3.63) is 89.6 Å². The number of nitrogens with zero attached hydrogens (tertiary/aromatic N) is 5. The van der Waals surface area contributed by atoms with Crippen molar-refractivity contribution in [1.29, 1.82) is 0 Å². The number of fused-ring (bicyclic) bond motifs is 1. The van der Waals surface area contributed by atoms with Gasteiger partial charge in [-0.05, 0) is 54.8 Å². The van der Waals surface area contributed by atoms with Crippen LogP contribution in [0.15, 0.2) is 73.2 Å². The van der Waals surface area contributed by atoms with Gasteiger partial charge in [0.1, 0.15) is 5.82 Å². The predicted molar refractivity (Wildman–Crippen MR) is 125 cm³/mol. The highest BCUT2D eigenvalue weighted by Crippen LogP contribution is 2.29. The smallest absolute Gasteiger partial charge is 0.223 e. The van der Waals surface area contributed by atoms with E-state index in [4.69, 9.17) is 11.6 Å². The van der Waals surface area contributed by atoms with Gasteiger partial charge in [0.2, 0.25) is 5.91 Å². The summed E-state index contributed by atoms with van der Waals surface area (Å²) in [6.45, 7) is 2.27. The summed E-state index contributed by atoms with van der Waals surface area (Å²) in [6.07, 6.45) is 8.40. The molecule has 1 fully saturated rings. The van der Waals surface area contributed by atoms with Crippen LogP contribution in [0.3, 0.4) is 0 Å². The fraction of sp³-hybridized carbons (Fsp3) is 0.320. The van der Waals surface area contributed by atoms with Gasteiger partial charge in [-0.1, -0.05) is 29.8 Å². The average Bonchev–Trinajstić information content (AvgIpc) is 3.49. The Bertz CT molecular complexity index is 1180. The molecule has 1 atom stereocenters. The molecule has 0 bridgehead atoms. The minimum Gasteiger partial charge on any atom is -0.354 e. The maximum absolute atomic E-state index is 13.2. The van der Waals surface area contributed by atoms with Crippen molar-refractivity contribution in [2.45, 2.75) is 37.6 Å². The molecule has 0 N–H and O–H groups in total. The van der Waals surface area contributed by atoms with Crippen molar-refractivity contribution in [3.63, 3.8) is 0 Å². The van der Waals surface area contributed by atoms with Crippen LogP contribution in [0.25, 0.3) is 5.65 Å². The molecule has 1 aromatic carbocycles. The molecule has 3 aromatic heterocycles. The molecule has 4 aromatic rings. The summed E-state index contributed by atoms with van der Waals surface area (Å²) < 4.78 is 4.20. The fourth-order valence-corrected chi connectivity index (χ4v) is 4.76. The van der Waals surface area contributed by atoms with E-state index >= 15 is 0 Å². The van der Waals surface area contributed by atoms with Crippen LogP contribution in [0.2, 0.25) is 5.02 Å². The maximum Gasteiger partial charge on any atom is 0.223 e. The van der Waals surface area contributed by atoms with E-state index in [0.717, 1.165) is 49.5 Å². The number of hydrogen-bond donors (Lipinski definition) is 0. The summed E-state index contributed by atoms with van der Waals surface area (Å²) in [5.41, 5.74) is 2.01. The Balaban J connectivity index is 1.25. The second-order valence-corrected chi connectivity index (χ2v) is 8.91. The van der Waals surface area contributed by atoms with E-state index in [9.17, 15) is 4.79 Å². The average molecular weight is 448 g/mol. The number of benzene rings is 1. The minimum atomic E-state index is 0.102. The van der Waals surface area contributed by atoms with Gasteiger partial charge in [-0.2, -0.15) is 0 Å². The second-order valence-electron chi connectivity index (χ2n) is 8.47. The number of pyridine rings is 1. The molecule has 1 saturated heterocycles.